The van der Waals surface area contributed by atoms with Gasteiger partial charge in [0.1, 0.15) is 6.61 Å². The van der Waals surface area contributed by atoms with Crippen molar-refractivity contribution in [1.29, 1.82) is 0 Å². The second-order valence-corrected chi connectivity index (χ2v) is 4.52. The molecule has 18 heavy (non-hydrogen) atoms. The van der Waals surface area contributed by atoms with Gasteiger partial charge in [0, 0.05) is 19.6 Å². The fourth-order valence-electron chi connectivity index (χ4n) is 2.12. The zero-order valence-electron chi connectivity index (χ0n) is 9.41. The maximum atomic E-state index is 11.4. The van der Waals surface area contributed by atoms with Crippen LogP contribution >= 0.6 is 11.6 Å². The van der Waals surface area contributed by atoms with Crippen molar-refractivity contribution in [1.82, 2.24) is 20.1 Å². The minimum absolute atomic E-state index is 0.0340. The molecule has 3 rings (SSSR count). The number of ether oxygens (including phenoxy) is 1. The summed E-state index contributed by atoms with van der Waals surface area (Å²) in [5.74, 6) is 0.582. The first-order chi connectivity index (χ1) is 8.65. The zero-order chi connectivity index (χ0) is 12.7. The van der Waals surface area contributed by atoms with E-state index < -0.39 is 0 Å². The van der Waals surface area contributed by atoms with Crippen LogP contribution in [-0.2, 0) is 4.74 Å². The molecule has 0 saturated carbocycles. The molecule has 0 aromatic carbocycles. The first-order valence-corrected chi connectivity index (χ1v) is 5.87. The molecule has 9 heteroatoms. The van der Waals surface area contributed by atoms with Crippen molar-refractivity contribution < 1.29 is 9.53 Å². The Labute approximate surface area is 108 Å². The molecule has 1 aromatic rings. The van der Waals surface area contributed by atoms with Gasteiger partial charge >= 0.3 is 6.09 Å². The summed E-state index contributed by atoms with van der Waals surface area (Å²) in [5, 5.41) is 7.73. The largest absolute Gasteiger partial charge is 0.447 e. The lowest BCUT2D eigenvalue weighted by Gasteiger charge is -2.35. The average Bonchev–Trinajstić information content (AvgIpc) is 2.74. The second-order valence-electron chi connectivity index (χ2n) is 4.16. The summed E-state index contributed by atoms with van der Waals surface area (Å²) in [5.41, 5.74) is 5.59. The SMILES string of the molecule is Nc1nc(N2CCN3C(=O)OC[C@H]3C2)nnc1Cl. The Balaban J connectivity index is 1.78. The van der Waals surface area contributed by atoms with Crippen molar-refractivity contribution in [2.75, 3.05) is 36.9 Å². The Morgan fingerprint density at radius 3 is 3.00 bits per heavy atom. The molecule has 0 aliphatic carbocycles. The summed E-state index contributed by atoms with van der Waals surface area (Å²) in [6.45, 7) is 2.20. The van der Waals surface area contributed by atoms with Crippen molar-refractivity contribution in [3.05, 3.63) is 5.15 Å². The molecule has 0 radical (unpaired) electrons. The van der Waals surface area contributed by atoms with Crippen molar-refractivity contribution in [3.8, 4) is 0 Å². The van der Waals surface area contributed by atoms with E-state index in [1.165, 1.54) is 0 Å². The number of halogens is 1. The summed E-state index contributed by atoms with van der Waals surface area (Å²) in [7, 11) is 0. The predicted octanol–water partition coefficient (Wildman–Crippen LogP) is -0.252. The Morgan fingerprint density at radius 2 is 2.22 bits per heavy atom. The molecule has 2 aliphatic heterocycles. The van der Waals surface area contributed by atoms with Gasteiger partial charge in [0.05, 0.1) is 6.04 Å². The van der Waals surface area contributed by atoms with E-state index in [-0.39, 0.29) is 23.1 Å². The van der Waals surface area contributed by atoms with E-state index >= 15 is 0 Å². The molecule has 2 saturated heterocycles. The lowest BCUT2D eigenvalue weighted by molar-refractivity contribution is 0.157. The number of fused-ring (bicyclic) bond motifs is 1. The van der Waals surface area contributed by atoms with Gasteiger partial charge in [-0.15, -0.1) is 10.2 Å². The van der Waals surface area contributed by atoms with E-state index in [0.717, 1.165) is 0 Å². The molecule has 3 heterocycles. The minimum Gasteiger partial charge on any atom is -0.447 e. The van der Waals surface area contributed by atoms with E-state index in [0.29, 0.717) is 32.2 Å². The number of cyclic esters (lactones) is 1. The van der Waals surface area contributed by atoms with E-state index in [4.69, 9.17) is 22.1 Å². The molecule has 0 spiro atoms. The Bertz CT molecular complexity index is 498. The maximum Gasteiger partial charge on any atom is 0.410 e. The van der Waals surface area contributed by atoms with Gasteiger partial charge in [-0.25, -0.2) is 4.79 Å². The number of nitrogens with two attached hydrogens (primary N) is 1. The summed E-state index contributed by atoms with van der Waals surface area (Å²) in [4.78, 5) is 19.1. The van der Waals surface area contributed by atoms with Gasteiger partial charge in [-0.05, 0) is 0 Å². The molecule has 1 atom stereocenters. The van der Waals surface area contributed by atoms with Crippen LogP contribution in [0.3, 0.4) is 0 Å². The monoisotopic (exact) mass is 270 g/mol. The van der Waals surface area contributed by atoms with E-state index in [1.54, 1.807) is 4.90 Å². The van der Waals surface area contributed by atoms with Gasteiger partial charge in [-0.2, -0.15) is 4.98 Å². The Kier molecular flexibility index (Phi) is 2.58. The maximum absolute atomic E-state index is 11.4. The van der Waals surface area contributed by atoms with Gasteiger partial charge in [0.15, 0.2) is 11.0 Å². The van der Waals surface area contributed by atoms with Crippen LogP contribution in [0.2, 0.25) is 5.15 Å². The first-order valence-electron chi connectivity index (χ1n) is 5.49. The number of hydrogen-bond donors (Lipinski definition) is 1. The molecule has 0 bridgehead atoms. The van der Waals surface area contributed by atoms with Gasteiger partial charge in [-0.1, -0.05) is 11.6 Å². The normalized spacial score (nSPS) is 22.9. The fourth-order valence-corrected chi connectivity index (χ4v) is 2.20. The zero-order valence-corrected chi connectivity index (χ0v) is 10.2. The van der Waals surface area contributed by atoms with Crippen LogP contribution < -0.4 is 10.6 Å². The van der Waals surface area contributed by atoms with Crippen LogP contribution in [0.15, 0.2) is 0 Å². The number of aromatic nitrogens is 3. The highest BCUT2D eigenvalue weighted by atomic mass is 35.5. The highest BCUT2D eigenvalue weighted by molar-refractivity contribution is 6.31. The lowest BCUT2D eigenvalue weighted by atomic mass is 10.2. The molecule has 2 aliphatic rings. The molecule has 8 nitrogen and oxygen atoms in total. The highest BCUT2D eigenvalue weighted by Gasteiger charge is 2.38. The fraction of sp³-hybridized carbons (Fsp3) is 0.556. The van der Waals surface area contributed by atoms with Crippen LogP contribution in [-0.4, -0.2) is 58.5 Å². The number of piperazine rings is 1. The number of nitrogen functional groups attached to an aromatic ring is 1. The van der Waals surface area contributed by atoms with Crippen molar-refractivity contribution >= 4 is 29.5 Å². The lowest BCUT2D eigenvalue weighted by Crippen LogP contribution is -2.52. The Hall–Kier alpha value is -1.83. The molecule has 2 N–H and O–H groups in total. The number of rotatable bonds is 1. The van der Waals surface area contributed by atoms with E-state index in [1.807, 2.05) is 4.90 Å². The average molecular weight is 271 g/mol. The summed E-state index contributed by atoms with van der Waals surface area (Å²) in [6.07, 6.45) is -0.255. The molecule has 96 valence electrons. The molecular formula is C9H11ClN6O2. The molecule has 2 fully saturated rings. The second kappa shape index (κ2) is 4.13. The van der Waals surface area contributed by atoms with Crippen molar-refractivity contribution in [2.24, 2.45) is 0 Å². The third-order valence-corrected chi connectivity index (χ3v) is 3.33. The number of amides is 1. The predicted molar refractivity (Wildman–Crippen MR) is 63.3 cm³/mol. The number of nitrogens with zero attached hydrogens (tertiary/aromatic N) is 5. The van der Waals surface area contributed by atoms with Crippen LogP contribution in [0.4, 0.5) is 16.6 Å². The summed E-state index contributed by atoms with van der Waals surface area (Å²) in [6, 6.07) is 0.0340. The van der Waals surface area contributed by atoms with E-state index in [2.05, 4.69) is 15.2 Å². The van der Waals surface area contributed by atoms with E-state index in [9.17, 15) is 4.79 Å². The standard InChI is InChI=1S/C9H11ClN6O2/c10-6-7(11)12-8(14-13-6)15-1-2-16-5(3-15)4-18-9(16)17/h5H,1-4H2,(H2,11,12,14)/t5-/m1/s1. The third kappa shape index (κ3) is 1.78. The number of hydrogen-bond acceptors (Lipinski definition) is 7. The minimum atomic E-state index is -0.255. The summed E-state index contributed by atoms with van der Waals surface area (Å²) >= 11 is 5.68. The van der Waals surface area contributed by atoms with Crippen LogP contribution in [0.1, 0.15) is 0 Å². The number of anilines is 2. The van der Waals surface area contributed by atoms with Crippen LogP contribution in [0, 0.1) is 0 Å². The van der Waals surface area contributed by atoms with Gasteiger partial charge in [0.2, 0.25) is 5.95 Å². The highest BCUT2D eigenvalue weighted by Crippen LogP contribution is 2.21. The molecule has 1 aromatic heterocycles. The summed E-state index contributed by atoms with van der Waals surface area (Å²) < 4.78 is 4.98. The van der Waals surface area contributed by atoms with Crippen molar-refractivity contribution in [3.63, 3.8) is 0 Å². The quantitative estimate of drug-likeness (QED) is 0.751. The molecular weight excluding hydrogens is 260 g/mol. The van der Waals surface area contributed by atoms with Gasteiger partial charge in [0.25, 0.3) is 0 Å². The number of carbonyl (C=O) groups excluding carboxylic acids is 1. The molecule has 1 amide bonds. The topological polar surface area (TPSA) is 97.5 Å². The van der Waals surface area contributed by atoms with Crippen LogP contribution in [0.25, 0.3) is 0 Å². The Morgan fingerprint density at radius 1 is 1.39 bits per heavy atom. The van der Waals surface area contributed by atoms with Crippen LogP contribution in [0.5, 0.6) is 0 Å². The van der Waals surface area contributed by atoms with Crippen molar-refractivity contribution in [2.45, 2.75) is 6.04 Å². The van der Waals surface area contributed by atoms with Gasteiger partial charge in [-0.3, -0.25) is 4.90 Å². The smallest absolute Gasteiger partial charge is 0.410 e. The third-order valence-electron chi connectivity index (χ3n) is 3.06. The van der Waals surface area contributed by atoms with Gasteiger partial charge < -0.3 is 15.4 Å². The number of carbonyl (C=O) groups is 1. The molecule has 0 unspecified atom stereocenters. The first kappa shape index (κ1) is 11.3.